The lowest BCUT2D eigenvalue weighted by molar-refractivity contribution is -0.144. The molecule has 12 nitrogen and oxygen atoms in total. The Morgan fingerprint density at radius 3 is 1.91 bits per heavy atom. The molecule has 3 aliphatic rings. The summed E-state index contributed by atoms with van der Waals surface area (Å²) in [7, 11) is 0. The maximum absolute atomic E-state index is 13.8. The quantitative estimate of drug-likeness (QED) is 0.154. The third kappa shape index (κ3) is 10.2. The van der Waals surface area contributed by atoms with Crippen molar-refractivity contribution in [3.05, 3.63) is 0 Å². The van der Waals surface area contributed by atoms with Crippen LogP contribution in [0.3, 0.4) is 0 Å². The van der Waals surface area contributed by atoms with Gasteiger partial charge in [0.05, 0.1) is 6.42 Å². The molecule has 0 bridgehead atoms. The van der Waals surface area contributed by atoms with Gasteiger partial charge in [0.25, 0.3) is 0 Å². The van der Waals surface area contributed by atoms with Gasteiger partial charge in [-0.1, -0.05) is 71.6 Å². The number of carboxylic acid groups (broad SMARTS) is 2. The van der Waals surface area contributed by atoms with E-state index in [0.29, 0.717) is 25.7 Å². The molecule has 4 atom stereocenters. The van der Waals surface area contributed by atoms with E-state index in [1.54, 1.807) is 0 Å². The van der Waals surface area contributed by atoms with Crippen molar-refractivity contribution >= 4 is 35.6 Å². The van der Waals surface area contributed by atoms with Gasteiger partial charge in [0.2, 0.25) is 23.6 Å². The molecule has 3 saturated carbocycles. The normalized spacial score (nSPS) is 21.3. The molecule has 0 radical (unpaired) electrons. The van der Waals surface area contributed by atoms with E-state index in [1.807, 2.05) is 13.8 Å². The topological polar surface area (TPSA) is 191 Å². The van der Waals surface area contributed by atoms with Crippen LogP contribution in [0.4, 0.5) is 0 Å². The Kier molecular flexibility index (Phi) is 12.8. The summed E-state index contributed by atoms with van der Waals surface area (Å²) in [5, 5.41) is 29.7. The maximum atomic E-state index is 13.8. The Labute approximate surface area is 253 Å². The summed E-state index contributed by atoms with van der Waals surface area (Å²) < 4.78 is 0. The fraction of sp³-hybridized carbons (Fsp3) is 0.806. The van der Waals surface area contributed by atoms with E-state index in [4.69, 9.17) is 5.11 Å². The lowest BCUT2D eigenvalue weighted by Crippen LogP contribution is -2.60. The fourth-order valence-electron chi connectivity index (χ4n) is 6.37. The average Bonchev–Trinajstić information content (AvgIpc) is 3.78. The summed E-state index contributed by atoms with van der Waals surface area (Å²) in [6, 6.07) is -2.84. The predicted molar refractivity (Wildman–Crippen MR) is 158 cm³/mol. The lowest BCUT2D eigenvalue weighted by Gasteiger charge is -2.33. The van der Waals surface area contributed by atoms with E-state index in [2.05, 4.69) is 21.3 Å². The second-order valence-electron chi connectivity index (χ2n) is 12.9. The Bertz CT molecular complexity index is 1020. The molecule has 3 rings (SSSR count). The maximum Gasteiger partial charge on any atom is 0.329 e. The van der Waals surface area contributed by atoms with Crippen molar-refractivity contribution < 1.29 is 39.0 Å². The first kappa shape index (κ1) is 34.3. The lowest BCUT2D eigenvalue weighted by atomic mass is 9.83. The molecule has 0 aromatic heterocycles. The van der Waals surface area contributed by atoms with Crippen LogP contribution in [-0.2, 0) is 28.8 Å². The number of aliphatic carboxylic acids is 2. The Hall–Kier alpha value is -3.18. The van der Waals surface area contributed by atoms with Crippen LogP contribution in [0, 0.1) is 17.8 Å². The monoisotopic (exact) mass is 606 g/mol. The van der Waals surface area contributed by atoms with Crippen molar-refractivity contribution in [3.8, 4) is 0 Å². The summed E-state index contributed by atoms with van der Waals surface area (Å²) in [4.78, 5) is 76.1. The number of hydrogen-bond donors (Lipinski definition) is 6. The van der Waals surface area contributed by atoms with Gasteiger partial charge >= 0.3 is 11.9 Å². The van der Waals surface area contributed by atoms with Crippen LogP contribution in [-0.4, -0.2) is 69.4 Å². The zero-order valence-electron chi connectivity index (χ0n) is 25.6. The van der Waals surface area contributed by atoms with E-state index in [-0.39, 0.29) is 30.6 Å². The van der Waals surface area contributed by atoms with Gasteiger partial charge in [-0.05, 0) is 49.9 Å². The first-order chi connectivity index (χ1) is 20.5. The van der Waals surface area contributed by atoms with Crippen molar-refractivity contribution in [2.45, 2.75) is 140 Å². The van der Waals surface area contributed by atoms with Crippen molar-refractivity contribution in [2.75, 3.05) is 0 Å². The zero-order valence-corrected chi connectivity index (χ0v) is 25.6. The number of hydrogen-bond acceptors (Lipinski definition) is 6. The predicted octanol–water partition coefficient (Wildman–Crippen LogP) is 2.64. The van der Waals surface area contributed by atoms with Gasteiger partial charge in [0, 0.05) is 6.42 Å². The van der Waals surface area contributed by atoms with E-state index in [9.17, 15) is 33.9 Å². The molecule has 0 aromatic rings. The first-order valence-electron chi connectivity index (χ1n) is 16.1. The standard InChI is InChI=1S/C31H50N4O8/c1-3-19(2)25(34-29(41)26(21-12-8-5-9-13-21)33-23(36)14-15-24(37)38)28(40)32-22(18-20-10-6-4-7-11-20)27(39)35-31(16-17-31)30(42)43/h19-22,25-26H,3-18H2,1-2H3,(H,32,40)(H,33,36)(H,34,41)(H,35,39)(H,37,38)(H,42,43)/t19-,22-,25-,26-/m0/s1. The van der Waals surface area contributed by atoms with Crippen LogP contribution < -0.4 is 21.3 Å². The molecule has 3 aliphatic carbocycles. The fourth-order valence-corrected chi connectivity index (χ4v) is 6.37. The molecule has 0 unspecified atom stereocenters. The summed E-state index contributed by atoms with van der Waals surface area (Å²) in [5.74, 6) is -4.51. The number of carboxylic acids is 2. The van der Waals surface area contributed by atoms with Gasteiger partial charge in [-0.3, -0.25) is 24.0 Å². The molecule has 0 heterocycles. The smallest absolute Gasteiger partial charge is 0.329 e. The van der Waals surface area contributed by atoms with E-state index in [1.165, 1.54) is 0 Å². The third-order valence-corrected chi connectivity index (χ3v) is 9.53. The van der Waals surface area contributed by atoms with Gasteiger partial charge in [-0.25, -0.2) is 4.79 Å². The molecular weight excluding hydrogens is 556 g/mol. The molecule has 242 valence electrons. The second kappa shape index (κ2) is 16.0. The minimum Gasteiger partial charge on any atom is -0.481 e. The van der Waals surface area contributed by atoms with Crippen LogP contribution in [0.1, 0.15) is 117 Å². The van der Waals surface area contributed by atoms with Crippen molar-refractivity contribution in [1.82, 2.24) is 21.3 Å². The highest BCUT2D eigenvalue weighted by Gasteiger charge is 2.52. The van der Waals surface area contributed by atoms with Gasteiger partial charge < -0.3 is 31.5 Å². The highest BCUT2D eigenvalue weighted by Crippen LogP contribution is 2.36. The van der Waals surface area contributed by atoms with Gasteiger partial charge in [0.15, 0.2) is 0 Å². The Morgan fingerprint density at radius 1 is 0.767 bits per heavy atom. The molecule has 6 N–H and O–H groups in total. The van der Waals surface area contributed by atoms with Crippen molar-refractivity contribution in [2.24, 2.45) is 17.8 Å². The van der Waals surface area contributed by atoms with E-state index in [0.717, 1.165) is 64.2 Å². The average molecular weight is 607 g/mol. The highest BCUT2D eigenvalue weighted by molar-refractivity contribution is 5.96. The molecular formula is C31H50N4O8. The van der Waals surface area contributed by atoms with Crippen molar-refractivity contribution in [3.63, 3.8) is 0 Å². The van der Waals surface area contributed by atoms with Crippen LogP contribution >= 0.6 is 0 Å². The van der Waals surface area contributed by atoms with Crippen LogP contribution in [0.5, 0.6) is 0 Å². The highest BCUT2D eigenvalue weighted by atomic mass is 16.4. The summed E-state index contributed by atoms with van der Waals surface area (Å²) in [5.41, 5.74) is -1.29. The van der Waals surface area contributed by atoms with E-state index < -0.39 is 59.2 Å². The number of carbonyl (C=O) groups is 6. The zero-order chi connectivity index (χ0) is 31.6. The molecule has 43 heavy (non-hydrogen) atoms. The van der Waals surface area contributed by atoms with Gasteiger partial charge in [-0.15, -0.1) is 0 Å². The molecule has 12 heteroatoms. The SMILES string of the molecule is CC[C@H](C)[C@H](NC(=O)[C@@H](NC(=O)CCC(=O)O)C1CCCCC1)C(=O)N[C@@H](CC1CCCCC1)C(=O)NC1(C(=O)O)CC1. The van der Waals surface area contributed by atoms with Gasteiger partial charge in [-0.2, -0.15) is 0 Å². The number of nitrogens with one attached hydrogen (secondary N) is 4. The van der Waals surface area contributed by atoms with Crippen LogP contribution in [0.25, 0.3) is 0 Å². The summed E-state index contributed by atoms with van der Waals surface area (Å²) in [6.45, 7) is 3.71. The minimum atomic E-state index is -1.29. The Balaban J connectivity index is 1.76. The molecule has 0 aliphatic heterocycles. The summed E-state index contributed by atoms with van der Waals surface area (Å²) in [6.07, 6.45) is 10.4. The molecule has 0 saturated heterocycles. The molecule has 0 aromatic carbocycles. The third-order valence-electron chi connectivity index (χ3n) is 9.53. The van der Waals surface area contributed by atoms with E-state index >= 15 is 0 Å². The second-order valence-corrected chi connectivity index (χ2v) is 12.9. The Morgan fingerprint density at radius 2 is 1.37 bits per heavy atom. The first-order valence-corrected chi connectivity index (χ1v) is 16.1. The molecule has 3 fully saturated rings. The van der Waals surface area contributed by atoms with Crippen LogP contribution in [0.2, 0.25) is 0 Å². The largest absolute Gasteiger partial charge is 0.481 e. The molecule has 4 amide bonds. The number of amides is 4. The molecule has 0 spiro atoms. The van der Waals surface area contributed by atoms with Crippen LogP contribution in [0.15, 0.2) is 0 Å². The number of rotatable bonds is 16. The number of carbonyl (C=O) groups excluding carboxylic acids is 4. The van der Waals surface area contributed by atoms with Gasteiger partial charge in [0.1, 0.15) is 23.7 Å². The summed E-state index contributed by atoms with van der Waals surface area (Å²) >= 11 is 0. The minimum absolute atomic E-state index is 0.140. The van der Waals surface area contributed by atoms with Crippen molar-refractivity contribution in [1.29, 1.82) is 0 Å².